The van der Waals surface area contributed by atoms with E-state index >= 15 is 0 Å². The van der Waals surface area contributed by atoms with Crippen LogP contribution in [-0.4, -0.2) is 64.9 Å². The Labute approximate surface area is 204 Å². The molecule has 0 fully saturated rings. The highest BCUT2D eigenvalue weighted by molar-refractivity contribution is 5.69. The summed E-state index contributed by atoms with van der Waals surface area (Å²) in [6, 6.07) is 9.50. The molecule has 0 radical (unpaired) electrons. The maximum atomic E-state index is 11.6. The first-order chi connectivity index (χ1) is 16.7. The number of hydrogen-bond acceptors (Lipinski definition) is 7. The minimum atomic E-state index is -0.468. The molecule has 0 aromatic heterocycles. The van der Waals surface area contributed by atoms with E-state index in [0.717, 1.165) is 18.4 Å². The minimum absolute atomic E-state index is 0.149. The molecule has 0 atom stereocenters. The van der Waals surface area contributed by atoms with Gasteiger partial charge in [-0.15, -0.1) is 0 Å². The summed E-state index contributed by atoms with van der Waals surface area (Å²) < 4.78 is 26.4. The van der Waals surface area contributed by atoms with E-state index in [1.165, 1.54) is 32.1 Å². The number of nitrogens with one attached hydrogen (secondary N) is 1. The Balaban J connectivity index is 1.76. The molecule has 0 aliphatic carbocycles. The average Bonchev–Trinajstić information content (AvgIpc) is 2.85. The van der Waals surface area contributed by atoms with Crippen LogP contribution in [0.5, 0.6) is 0 Å². The molecule has 1 N–H and O–H groups in total. The predicted molar refractivity (Wildman–Crippen MR) is 131 cm³/mol. The lowest BCUT2D eigenvalue weighted by Crippen LogP contribution is -2.28. The third kappa shape index (κ3) is 19.3. The van der Waals surface area contributed by atoms with Crippen molar-refractivity contribution in [3.8, 4) is 0 Å². The second-order valence-electron chi connectivity index (χ2n) is 7.92. The molecule has 0 bridgehead atoms. The molecule has 0 aliphatic heterocycles. The van der Waals surface area contributed by atoms with Crippen LogP contribution in [0, 0.1) is 0 Å². The van der Waals surface area contributed by atoms with Gasteiger partial charge in [-0.1, -0.05) is 75.8 Å². The molecule has 1 aromatic rings. The van der Waals surface area contributed by atoms with Gasteiger partial charge in [0.2, 0.25) is 0 Å². The van der Waals surface area contributed by atoms with Crippen molar-refractivity contribution in [3.05, 3.63) is 35.9 Å². The van der Waals surface area contributed by atoms with E-state index in [9.17, 15) is 9.59 Å². The molecule has 0 heterocycles. The van der Waals surface area contributed by atoms with Crippen LogP contribution in [0.15, 0.2) is 30.3 Å². The zero-order valence-electron chi connectivity index (χ0n) is 20.8. The highest BCUT2D eigenvalue weighted by atomic mass is 16.6. The zero-order chi connectivity index (χ0) is 24.5. The van der Waals surface area contributed by atoms with Gasteiger partial charge in [0, 0.05) is 13.0 Å². The molecule has 1 rings (SSSR count). The number of carbonyl (C=O) groups is 2. The number of hydrogen-bond donors (Lipinski definition) is 1. The van der Waals surface area contributed by atoms with Gasteiger partial charge in [-0.25, -0.2) is 4.79 Å². The molecule has 8 nitrogen and oxygen atoms in total. The Kier molecular flexibility index (Phi) is 19.9. The lowest BCUT2D eigenvalue weighted by molar-refractivity contribution is -0.145. The summed E-state index contributed by atoms with van der Waals surface area (Å²) in [6.45, 7) is 5.59. The third-order valence-electron chi connectivity index (χ3n) is 4.95. The molecule has 8 heteroatoms. The van der Waals surface area contributed by atoms with Gasteiger partial charge in [-0.2, -0.15) is 0 Å². The van der Waals surface area contributed by atoms with Gasteiger partial charge >= 0.3 is 12.1 Å². The molecule has 0 aliphatic rings. The van der Waals surface area contributed by atoms with Gasteiger partial charge in [0.15, 0.2) is 0 Å². The van der Waals surface area contributed by atoms with Crippen LogP contribution in [0.1, 0.15) is 63.9 Å². The van der Waals surface area contributed by atoms with E-state index in [1.54, 1.807) is 0 Å². The van der Waals surface area contributed by atoms with Crippen molar-refractivity contribution in [3.63, 3.8) is 0 Å². The lowest BCUT2D eigenvalue weighted by Gasteiger charge is -2.09. The molecule has 194 valence electrons. The maximum Gasteiger partial charge on any atom is 0.407 e. The minimum Gasteiger partial charge on any atom is -0.463 e. The van der Waals surface area contributed by atoms with E-state index < -0.39 is 6.09 Å². The van der Waals surface area contributed by atoms with Crippen LogP contribution in [-0.2, 0) is 35.1 Å². The Bertz CT molecular complexity index is 612. The third-order valence-corrected chi connectivity index (χ3v) is 4.95. The van der Waals surface area contributed by atoms with Gasteiger partial charge in [0.25, 0.3) is 0 Å². The summed E-state index contributed by atoms with van der Waals surface area (Å²) in [5, 5.41) is 2.63. The van der Waals surface area contributed by atoms with Gasteiger partial charge < -0.3 is 29.0 Å². The average molecular weight is 482 g/mol. The second kappa shape index (κ2) is 22.6. The quantitative estimate of drug-likeness (QED) is 0.190. The summed E-state index contributed by atoms with van der Waals surface area (Å²) in [6.07, 6.45) is 8.31. The van der Waals surface area contributed by atoms with E-state index in [2.05, 4.69) is 12.2 Å². The summed E-state index contributed by atoms with van der Waals surface area (Å²) in [4.78, 5) is 23.2. The molecule has 1 aromatic carbocycles. The lowest BCUT2D eigenvalue weighted by atomic mass is 10.1. The Morgan fingerprint density at radius 1 is 0.706 bits per heavy atom. The van der Waals surface area contributed by atoms with Crippen LogP contribution in [0.2, 0.25) is 0 Å². The van der Waals surface area contributed by atoms with E-state index in [0.29, 0.717) is 52.6 Å². The van der Waals surface area contributed by atoms with Gasteiger partial charge in [-0.05, 0) is 12.0 Å². The Morgan fingerprint density at radius 3 is 1.97 bits per heavy atom. The fourth-order valence-corrected chi connectivity index (χ4v) is 3.05. The topological polar surface area (TPSA) is 92.3 Å². The molecular weight excluding hydrogens is 438 g/mol. The standard InChI is InChI=1S/C26H43NO7/c1-2-3-4-5-6-7-11-14-25(28)33-22-21-32-20-19-31-18-17-30-16-15-27-26(29)34-23-24-12-9-8-10-13-24/h8-10,12-13H,2-7,11,14-23H2,1H3,(H,27,29). The number of unbranched alkanes of at least 4 members (excludes halogenated alkanes) is 6. The number of ether oxygens (including phenoxy) is 5. The Hall–Kier alpha value is -2.16. The van der Waals surface area contributed by atoms with Crippen molar-refractivity contribution in [2.45, 2.75) is 64.9 Å². The molecule has 0 saturated carbocycles. The van der Waals surface area contributed by atoms with Crippen LogP contribution in [0.3, 0.4) is 0 Å². The monoisotopic (exact) mass is 481 g/mol. The normalized spacial score (nSPS) is 10.7. The second-order valence-corrected chi connectivity index (χ2v) is 7.92. The predicted octanol–water partition coefficient (Wildman–Crippen LogP) is 4.65. The highest BCUT2D eigenvalue weighted by Crippen LogP contribution is 2.08. The van der Waals surface area contributed by atoms with Crippen molar-refractivity contribution in [2.24, 2.45) is 0 Å². The van der Waals surface area contributed by atoms with Crippen LogP contribution in [0.4, 0.5) is 4.79 Å². The van der Waals surface area contributed by atoms with Crippen LogP contribution in [0.25, 0.3) is 0 Å². The van der Waals surface area contributed by atoms with Gasteiger partial charge in [0.05, 0.1) is 39.6 Å². The summed E-state index contributed by atoms with van der Waals surface area (Å²) in [5.41, 5.74) is 0.940. The number of esters is 1. The zero-order valence-corrected chi connectivity index (χ0v) is 20.8. The smallest absolute Gasteiger partial charge is 0.407 e. The number of alkyl carbamates (subject to hydrolysis) is 1. The molecule has 34 heavy (non-hydrogen) atoms. The van der Waals surface area contributed by atoms with Crippen molar-refractivity contribution >= 4 is 12.1 Å². The summed E-state index contributed by atoms with van der Waals surface area (Å²) >= 11 is 0. The highest BCUT2D eigenvalue weighted by Gasteiger charge is 2.03. The number of amides is 1. The van der Waals surface area contributed by atoms with E-state index in [4.69, 9.17) is 23.7 Å². The fraction of sp³-hybridized carbons (Fsp3) is 0.692. The first-order valence-electron chi connectivity index (χ1n) is 12.6. The molecule has 0 spiro atoms. The van der Waals surface area contributed by atoms with Crippen molar-refractivity contribution in [1.82, 2.24) is 5.32 Å². The van der Waals surface area contributed by atoms with E-state index in [-0.39, 0.29) is 19.2 Å². The van der Waals surface area contributed by atoms with Crippen molar-refractivity contribution < 1.29 is 33.3 Å². The fourth-order valence-electron chi connectivity index (χ4n) is 3.05. The number of benzene rings is 1. The van der Waals surface area contributed by atoms with E-state index in [1.807, 2.05) is 30.3 Å². The summed E-state index contributed by atoms with van der Waals surface area (Å²) in [7, 11) is 0. The molecule has 0 unspecified atom stereocenters. The maximum absolute atomic E-state index is 11.6. The van der Waals surface area contributed by atoms with Gasteiger partial charge in [0.1, 0.15) is 13.2 Å². The first-order valence-corrected chi connectivity index (χ1v) is 12.6. The van der Waals surface area contributed by atoms with Gasteiger partial charge in [-0.3, -0.25) is 4.79 Å². The number of rotatable bonds is 22. The Morgan fingerprint density at radius 2 is 1.29 bits per heavy atom. The van der Waals surface area contributed by atoms with Crippen molar-refractivity contribution in [2.75, 3.05) is 52.8 Å². The van der Waals surface area contributed by atoms with Crippen LogP contribution < -0.4 is 5.32 Å². The largest absolute Gasteiger partial charge is 0.463 e. The van der Waals surface area contributed by atoms with Crippen molar-refractivity contribution in [1.29, 1.82) is 0 Å². The first kappa shape index (κ1) is 29.9. The molecule has 0 saturated heterocycles. The molecular formula is C26H43NO7. The SMILES string of the molecule is CCCCCCCCCC(=O)OCCOCCOCCOCCNC(=O)OCc1ccccc1. The molecule has 1 amide bonds. The van der Waals surface area contributed by atoms with Crippen LogP contribution >= 0.6 is 0 Å². The summed E-state index contributed by atoms with van der Waals surface area (Å²) in [5.74, 6) is -0.149. The number of carbonyl (C=O) groups excluding carboxylic acids is 2.